The fraction of sp³-hybridized carbons (Fsp3) is 0.429. The van der Waals surface area contributed by atoms with Gasteiger partial charge in [-0.3, -0.25) is 9.59 Å². The van der Waals surface area contributed by atoms with Gasteiger partial charge in [0.1, 0.15) is 0 Å². The summed E-state index contributed by atoms with van der Waals surface area (Å²) in [5.41, 5.74) is 2.75. The average molecular weight is 444 g/mol. The van der Waals surface area contributed by atoms with Gasteiger partial charge in [0.15, 0.2) is 4.34 Å². The minimum atomic E-state index is -0.115. The van der Waals surface area contributed by atoms with Gasteiger partial charge >= 0.3 is 0 Å². The molecule has 2 N–H and O–H groups in total. The molecule has 0 bridgehead atoms. The van der Waals surface area contributed by atoms with Crippen molar-refractivity contribution in [2.45, 2.75) is 55.8 Å². The zero-order valence-electron chi connectivity index (χ0n) is 16.9. The Kier molecular flexibility index (Phi) is 6.69. The van der Waals surface area contributed by atoms with Gasteiger partial charge in [-0.2, -0.15) is 0 Å². The second-order valence-corrected chi connectivity index (χ2v) is 9.68. The number of hydrogen-bond acceptors (Lipinski definition) is 7. The first-order valence-electron chi connectivity index (χ1n) is 10.2. The number of amides is 2. The van der Waals surface area contributed by atoms with Crippen LogP contribution in [0.1, 0.15) is 45.4 Å². The molecular formula is C21H25N5O2S2. The van der Waals surface area contributed by atoms with Crippen molar-refractivity contribution in [2.75, 3.05) is 16.4 Å². The fourth-order valence-electron chi connectivity index (χ4n) is 3.48. The first-order valence-corrected chi connectivity index (χ1v) is 12.0. The van der Waals surface area contributed by atoms with Gasteiger partial charge in [-0.1, -0.05) is 35.2 Å². The highest BCUT2D eigenvalue weighted by molar-refractivity contribution is 8.01. The van der Waals surface area contributed by atoms with Gasteiger partial charge in [-0.05, 0) is 56.7 Å². The second kappa shape index (κ2) is 9.61. The highest BCUT2D eigenvalue weighted by Crippen LogP contribution is 2.35. The number of nitrogens with zero attached hydrogens (tertiary/aromatic N) is 3. The van der Waals surface area contributed by atoms with Gasteiger partial charge < -0.3 is 15.5 Å². The molecule has 1 saturated carbocycles. The molecule has 158 valence electrons. The van der Waals surface area contributed by atoms with Crippen LogP contribution in [-0.4, -0.2) is 38.7 Å². The van der Waals surface area contributed by atoms with Crippen molar-refractivity contribution in [3.63, 3.8) is 0 Å². The Morgan fingerprint density at radius 1 is 1.23 bits per heavy atom. The van der Waals surface area contributed by atoms with Crippen LogP contribution in [0, 0.1) is 0 Å². The molecule has 2 aromatic rings. The van der Waals surface area contributed by atoms with Crippen LogP contribution in [0.3, 0.4) is 0 Å². The molecular weight excluding hydrogens is 418 g/mol. The molecule has 1 aromatic heterocycles. The molecule has 0 unspecified atom stereocenters. The number of anilines is 3. The quantitative estimate of drug-likeness (QED) is 0.571. The summed E-state index contributed by atoms with van der Waals surface area (Å²) in [7, 11) is 0. The molecule has 0 saturated heterocycles. The van der Waals surface area contributed by atoms with Crippen LogP contribution < -0.4 is 10.6 Å². The van der Waals surface area contributed by atoms with E-state index in [9.17, 15) is 9.59 Å². The first-order chi connectivity index (χ1) is 14.6. The second-order valence-electron chi connectivity index (χ2n) is 7.48. The van der Waals surface area contributed by atoms with Crippen molar-refractivity contribution in [1.29, 1.82) is 0 Å². The SMILES string of the molecule is CC(=O)Nc1cccc(Nc2nnc(SCC(=O)N(C3=CCCCC3)C3CC3)s2)c1. The molecule has 7 nitrogen and oxygen atoms in total. The fourth-order valence-corrected chi connectivity index (χ4v) is 5.12. The van der Waals surface area contributed by atoms with E-state index in [1.165, 1.54) is 48.6 Å². The third-order valence-electron chi connectivity index (χ3n) is 4.92. The summed E-state index contributed by atoms with van der Waals surface area (Å²) in [6.45, 7) is 1.48. The highest BCUT2D eigenvalue weighted by Gasteiger charge is 2.35. The van der Waals surface area contributed by atoms with E-state index in [0.717, 1.165) is 41.4 Å². The maximum atomic E-state index is 12.9. The van der Waals surface area contributed by atoms with E-state index in [2.05, 4.69) is 26.9 Å². The van der Waals surface area contributed by atoms with Gasteiger partial charge in [0.2, 0.25) is 16.9 Å². The number of rotatable bonds is 8. The molecule has 9 heteroatoms. The summed E-state index contributed by atoms with van der Waals surface area (Å²) in [5, 5.41) is 15.0. The van der Waals surface area contributed by atoms with E-state index < -0.39 is 0 Å². The molecule has 0 atom stereocenters. The predicted octanol–water partition coefficient (Wildman–Crippen LogP) is 4.78. The number of allylic oxidation sites excluding steroid dienone is 2. The van der Waals surface area contributed by atoms with Crippen molar-refractivity contribution in [3.8, 4) is 0 Å². The number of hydrogen-bond donors (Lipinski definition) is 2. The van der Waals surface area contributed by atoms with Crippen LogP contribution >= 0.6 is 23.1 Å². The van der Waals surface area contributed by atoms with Crippen LogP contribution in [0.5, 0.6) is 0 Å². The minimum absolute atomic E-state index is 0.115. The number of aromatic nitrogens is 2. The number of carbonyl (C=O) groups is 2. The minimum Gasteiger partial charge on any atom is -0.330 e. The normalized spacial score (nSPS) is 16.0. The van der Waals surface area contributed by atoms with E-state index in [-0.39, 0.29) is 11.8 Å². The average Bonchev–Trinajstić information content (AvgIpc) is 3.46. The number of benzene rings is 1. The van der Waals surface area contributed by atoms with Gasteiger partial charge in [-0.25, -0.2) is 0 Å². The molecule has 2 aliphatic rings. The smallest absolute Gasteiger partial charge is 0.237 e. The molecule has 2 aliphatic carbocycles. The summed E-state index contributed by atoms with van der Waals surface area (Å²) in [4.78, 5) is 26.2. The summed E-state index contributed by atoms with van der Waals surface area (Å²) in [6, 6.07) is 7.81. The number of nitrogens with one attached hydrogen (secondary N) is 2. The monoisotopic (exact) mass is 443 g/mol. The van der Waals surface area contributed by atoms with Crippen molar-refractivity contribution < 1.29 is 9.59 Å². The standard InChI is InChI=1S/C21H25N5O2S2/c1-14(27)22-15-6-5-7-16(12-15)23-20-24-25-21(30-20)29-13-19(28)26(18-10-11-18)17-8-3-2-4-9-17/h5-8,12,18H,2-4,9-11,13H2,1H3,(H,22,27)(H,23,24). The lowest BCUT2D eigenvalue weighted by atomic mass is 10.0. The first kappa shape index (κ1) is 20.9. The van der Waals surface area contributed by atoms with Crippen molar-refractivity contribution >= 4 is 51.4 Å². The van der Waals surface area contributed by atoms with Gasteiger partial charge in [0.25, 0.3) is 0 Å². The zero-order valence-corrected chi connectivity index (χ0v) is 18.5. The van der Waals surface area contributed by atoms with Crippen molar-refractivity contribution in [1.82, 2.24) is 15.1 Å². The molecule has 0 aliphatic heterocycles. The predicted molar refractivity (Wildman–Crippen MR) is 121 cm³/mol. The lowest BCUT2D eigenvalue weighted by molar-refractivity contribution is -0.127. The molecule has 1 heterocycles. The van der Waals surface area contributed by atoms with E-state index in [1.54, 1.807) is 0 Å². The topological polar surface area (TPSA) is 87.2 Å². The Hall–Kier alpha value is -2.39. The van der Waals surface area contributed by atoms with Crippen molar-refractivity contribution in [3.05, 3.63) is 36.0 Å². The Balaban J connectivity index is 1.34. The van der Waals surface area contributed by atoms with E-state index in [4.69, 9.17) is 0 Å². The summed E-state index contributed by atoms with van der Waals surface area (Å²) in [5.74, 6) is 0.430. The maximum absolute atomic E-state index is 12.9. The Bertz CT molecular complexity index is 954. The zero-order chi connectivity index (χ0) is 20.9. The molecule has 1 aromatic carbocycles. The molecule has 30 heavy (non-hydrogen) atoms. The van der Waals surface area contributed by atoms with Gasteiger partial charge in [0, 0.05) is 30.0 Å². The number of carbonyl (C=O) groups excluding carboxylic acids is 2. The maximum Gasteiger partial charge on any atom is 0.237 e. The van der Waals surface area contributed by atoms with Crippen LogP contribution in [0.15, 0.2) is 40.4 Å². The third-order valence-corrected chi connectivity index (χ3v) is 6.87. The van der Waals surface area contributed by atoms with Gasteiger partial charge in [0.05, 0.1) is 5.75 Å². The van der Waals surface area contributed by atoms with Gasteiger partial charge in [-0.15, -0.1) is 10.2 Å². The molecule has 0 spiro atoms. The summed E-state index contributed by atoms with van der Waals surface area (Å²) >= 11 is 2.86. The number of thioether (sulfide) groups is 1. The Morgan fingerprint density at radius 2 is 2.07 bits per heavy atom. The lowest BCUT2D eigenvalue weighted by Gasteiger charge is -2.27. The molecule has 4 rings (SSSR count). The summed E-state index contributed by atoms with van der Waals surface area (Å²) < 4.78 is 0.761. The van der Waals surface area contributed by atoms with E-state index in [0.29, 0.717) is 16.9 Å². The van der Waals surface area contributed by atoms with E-state index >= 15 is 0 Å². The van der Waals surface area contributed by atoms with E-state index in [1.807, 2.05) is 29.2 Å². The molecule has 2 amide bonds. The van der Waals surface area contributed by atoms with Crippen LogP contribution in [0.2, 0.25) is 0 Å². The summed E-state index contributed by atoms with van der Waals surface area (Å²) in [6.07, 6.45) is 8.94. The Morgan fingerprint density at radius 3 is 2.80 bits per heavy atom. The Labute approximate surface area is 184 Å². The largest absolute Gasteiger partial charge is 0.330 e. The van der Waals surface area contributed by atoms with Crippen LogP contribution in [-0.2, 0) is 9.59 Å². The lowest BCUT2D eigenvalue weighted by Crippen LogP contribution is -2.34. The van der Waals surface area contributed by atoms with Crippen LogP contribution in [0.25, 0.3) is 0 Å². The van der Waals surface area contributed by atoms with Crippen LogP contribution in [0.4, 0.5) is 16.5 Å². The highest BCUT2D eigenvalue weighted by atomic mass is 32.2. The molecule has 0 radical (unpaired) electrons. The third kappa shape index (κ3) is 5.60. The molecule has 1 fully saturated rings. The van der Waals surface area contributed by atoms with Crippen molar-refractivity contribution in [2.24, 2.45) is 0 Å².